The van der Waals surface area contributed by atoms with Crippen molar-refractivity contribution in [3.8, 4) is 6.07 Å². The van der Waals surface area contributed by atoms with E-state index in [0.29, 0.717) is 17.9 Å². The smallest absolute Gasteiger partial charge is 0.251 e. The molecule has 0 bridgehead atoms. The third-order valence-corrected chi connectivity index (χ3v) is 3.10. The number of nitrogens with two attached hydrogens (primary N) is 1. The number of hydrogen-bond acceptors (Lipinski definition) is 5. The Hall–Kier alpha value is -2.13. The molecule has 0 aromatic carbocycles. The second kappa shape index (κ2) is 4.27. The number of aliphatic hydroxyl groups is 1. The van der Waals surface area contributed by atoms with Crippen molar-refractivity contribution in [1.82, 2.24) is 4.98 Å². The van der Waals surface area contributed by atoms with Crippen molar-refractivity contribution in [2.75, 3.05) is 18.0 Å². The van der Waals surface area contributed by atoms with Crippen LogP contribution in [0.1, 0.15) is 17.7 Å². The zero-order valence-corrected chi connectivity index (χ0v) is 10.1. The Bertz CT molecular complexity index is 537. The molecule has 1 aliphatic rings. The van der Waals surface area contributed by atoms with E-state index in [4.69, 9.17) is 11.0 Å². The van der Waals surface area contributed by atoms with Gasteiger partial charge in [-0.2, -0.15) is 5.26 Å². The maximum Gasteiger partial charge on any atom is 0.251 e. The lowest BCUT2D eigenvalue weighted by molar-refractivity contribution is -0.134. The Balaban J connectivity index is 2.27. The molecule has 6 nitrogen and oxygen atoms in total. The fourth-order valence-corrected chi connectivity index (χ4v) is 2.07. The van der Waals surface area contributed by atoms with Gasteiger partial charge in [0.2, 0.25) is 0 Å². The molecule has 18 heavy (non-hydrogen) atoms. The molecule has 1 amide bonds. The number of aryl methyl sites for hydroxylation is 1. The Morgan fingerprint density at radius 3 is 2.94 bits per heavy atom. The highest BCUT2D eigenvalue weighted by Gasteiger charge is 2.41. The topological polar surface area (TPSA) is 103 Å². The second-order valence-electron chi connectivity index (χ2n) is 4.53. The molecule has 1 atom stereocenters. The average Bonchev–Trinajstić information content (AvgIpc) is 2.72. The normalized spacial score (nSPS) is 22.8. The summed E-state index contributed by atoms with van der Waals surface area (Å²) < 4.78 is 0. The summed E-state index contributed by atoms with van der Waals surface area (Å²) in [6, 6.07) is 5.37. The molecule has 1 saturated heterocycles. The van der Waals surface area contributed by atoms with Crippen LogP contribution >= 0.6 is 0 Å². The van der Waals surface area contributed by atoms with Crippen molar-refractivity contribution in [2.45, 2.75) is 18.9 Å². The van der Waals surface area contributed by atoms with Gasteiger partial charge in [0.05, 0.1) is 18.2 Å². The van der Waals surface area contributed by atoms with Crippen LogP contribution in [0.5, 0.6) is 0 Å². The van der Waals surface area contributed by atoms with Crippen LogP contribution in [0, 0.1) is 18.3 Å². The molecule has 1 aromatic heterocycles. The van der Waals surface area contributed by atoms with E-state index >= 15 is 0 Å². The summed E-state index contributed by atoms with van der Waals surface area (Å²) in [5.74, 6) is -0.137. The van der Waals surface area contributed by atoms with Crippen LogP contribution in [0.25, 0.3) is 0 Å². The molecule has 2 rings (SSSR count). The first-order valence-corrected chi connectivity index (χ1v) is 5.61. The van der Waals surface area contributed by atoms with E-state index in [2.05, 4.69) is 11.1 Å². The van der Waals surface area contributed by atoms with Crippen molar-refractivity contribution in [1.29, 1.82) is 5.26 Å². The summed E-state index contributed by atoms with van der Waals surface area (Å²) in [7, 11) is 0. The molecule has 0 radical (unpaired) electrons. The SMILES string of the molecule is Cc1cc(C#N)cc(N2CCC(O)(C(N)=O)C2)n1. The van der Waals surface area contributed by atoms with Gasteiger partial charge in [0, 0.05) is 18.7 Å². The number of pyridine rings is 1. The lowest BCUT2D eigenvalue weighted by atomic mass is 10.0. The molecule has 1 aliphatic heterocycles. The molecule has 94 valence electrons. The van der Waals surface area contributed by atoms with E-state index in [1.807, 2.05) is 0 Å². The monoisotopic (exact) mass is 246 g/mol. The van der Waals surface area contributed by atoms with E-state index in [1.54, 1.807) is 24.0 Å². The van der Waals surface area contributed by atoms with Gasteiger partial charge in [-0.3, -0.25) is 4.79 Å². The molecular formula is C12H14N4O2. The number of nitriles is 1. The van der Waals surface area contributed by atoms with Crippen LogP contribution in [0.2, 0.25) is 0 Å². The molecule has 3 N–H and O–H groups in total. The molecule has 0 saturated carbocycles. The van der Waals surface area contributed by atoms with Crippen molar-refractivity contribution in [2.24, 2.45) is 5.73 Å². The number of anilines is 1. The minimum Gasteiger partial charge on any atom is -0.378 e. The summed E-state index contributed by atoms with van der Waals surface area (Å²) in [6.45, 7) is 2.39. The number of rotatable bonds is 2. The van der Waals surface area contributed by atoms with Gasteiger partial charge in [-0.15, -0.1) is 0 Å². The van der Waals surface area contributed by atoms with Crippen molar-refractivity contribution >= 4 is 11.7 Å². The molecule has 1 aromatic rings. The summed E-state index contributed by atoms with van der Waals surface area (Å²) in [5.41, 5.74) is 4.90. The van der Waals surface area contributed by atoms with Crippen LogP contribution in [0.4, 0.5) is 5.82 Å². The summed E-state index contributed by atoms with van der Waals surface area (Å²) in [6.07, 6.45) is 0.278. The van der Waals surface area contributed by atoms with Crippen LogP contribution in [0.3, 0.4) is 0 Å². The molecule has 2 heterocycles. The van der Waals surface area contributed by atoms with Gasteiger partial charge < -0.3 is 15.7 Å². The molecular weight excluding hydrogens is 232 g/mol. The van der Waals surface area contributed by atoms with Gasteiger partial charge in [-0.1, -0.05) is 0 Å². The van der Waals surface area contributed by atoms with E-state index in [1.165, 1.54) is 0 Å². The predicted octanol–water partition coefficient (Wildman–Crippen LogP) is -0.312. The van der Waals surface area contributed by atoms with E-state index < -0.39 is 11.5 Å². The first-order valence-electron chi connectivity index (χ1n) is 5.61. The number of carbonyl (C=O) groups is 1. The Morgan fingerprint density at radius 2 is 2.39 bits per heavy atom. The summed E-state index contributed by atoms with van der Waals surface area (Å²) >= 11 is 0. The lowest BCUT2D eigenvalue weighted by Gasteiger charge is -2.21. The number of β-amino-alcohol motifs (C(OH)–C–C–N with tert-alkyl or cyclic N) is 1. The van der Waals surface area contributed by atoms with E-state index in [-0.39, 0.29) is 13.0 Å². The lowest BCUT2D eigenvalue weighted by Crippen LogP contribution is -2.46. The van der Waals surface area contributed by atoms with Gasteiger partial charge in [0.15, 0.2) is 5.60 Å². The zero-order valence-electron chi connectivity index (χ0n) is 10.1. The highest BCUT2D eigenvalue weighted by atomic mass is 16.3. The molecule has 0 aliphatic carbocycles. The van der Waals surface area contributed by atoms with E-state index in [9.17, 15) is 9.90 Å². The average molecular weight is 246 g/mol. The Morgan fingerprint density at radius 1 is 1.67 bits per heavy atom. The van der Waals surface area contributed by atoms with Crippen LogP contribution in [0.15, 0.2) is 12.1 Å². The third kappa shape index (κ3) is 2.13. The summed E-state index contributed by atoms with van der Waals surface area (Å²) in [4.78, 5) is 17.2. The van der Waals surface area contributed by atoms with Gasteiger partial charge in [0.25, 0.3) is 5.91 Å². The maximum atomic E-state index is 11.2. The standard InChI is InChI=1S/C12H14N4O2/c1-8-4-9(6-13)5-10(15-8)16-3-2-12(18,7-16)11(14)17/h4-5,18H,2-3,7H2,1H3,(H2,14,17). The molecule has 1 unspecified atom stereocenters. The number of amides is 1. The van der Waals surface area contributed by atoms with Gasteiger partial charge in [0.1, 0.15) is 5.82 Å². The first kappa shape index (κ1) is 12.3. The van der Waals surface area contributed by atoms with E-state index in [0.717, 1.165) is 5.69 Å². The predicted molar refractivity (Wildman–Crippen MR) is 64.7 cm³/mol. The quantitative estimate of drug-likeness (QED) is 0.745. The first-order chi connectivity index (χ1) is 8.44. The van der Waals surface area contributed by atoms with Crippen LogP contribution < -0.4 is 10.6 Å². The van der Waals surface area contributed by atoms with Gasteiger partial charge in [-0.25, -0.2) is 4.98 Å². The molecule has 0 spiro atoms. The van der Waals surface area contributed by atoms with Crippen molar-refractivity contribution in [3.05, 3.63) is 23.4 Å². The fraction of sp³-hybridized carbons (Fsp3) is 0.417. The Kier molecular flexibility index (Phi) is 2.93. The van der Waals surface area contributed by atoms with Crippen molar-refractivity contribution in [3.63, 3.8) is 0 Å². The zero-order chi connectivity index (χ0) is 13.3. The second-order valence-corrected chi connectivity index (χ2v) is 4.53. The largest absolute Gasteiger partial charge is 0.378 e. The van der Waals surface area contributed by atoms with Gasteiger partial charge >= 0.3 is 0 Å². The number of aromatic nitrogens is 1. The van der Waals surface area contributed by atoms with Crippen LogP contribution in [-0.2, 0) is 4.79 Å². The number of carbonyl (C=O) groups excluding carboxylic acids is 1. The third-order valence-electron chi connectivity index (χ3n) is 3.10. The Labute approximate surface area is 105 Å². The van der Waals surface area contributed by atoms with Crippen molar-refractivity contribution < 1.29 is 9.90 Å². The van der Waals surface area contributed by atoms with Crippen LogP contribution in [-0.4, -0.2) is 34.7 Å². The minimum absolute atomic E-state index is 0.115. The summed E-state index contributed by atoms with van der Waals surface area (Å²) in [5, 5.41) is 18.9. The molecule has 1 fully saturated rings. The number of primary amides is 1. The highest BCUT2D eigenvalue weighted by Crippen LogP contribution is 2.26. The fourth-order valence-electron chi connectivity index (χ4n) is 2.07. The number of hydrogen-bond donors (Lipinski definition) is 2. The number of nitrogens with zero attached hydrogens (tertiary/aromatic N) is 3. The molecule has 6 heteroatoms. The minimum atomic E-state index is -1.50. The highest BCUT2D eigenvalue weighted by molar-refractivity contribution is 5.84. The maximum absolute atomic E-state index is 11.2. The van der Waals surface area contributed by atoms with Gasteiger partial charge in [-0.05, 0) is 19.1 Å².